The van der Waals surface area contributed by atoms with Gasteiger partial charge in [-0.25, -0.2) is 4.39 Å². The lowest BCUT2D eigenvalue weighted by molar-refractivity contribution is 0.0749. The second kappa shape index (κ2) is 6.76. The molecule has 0 unspecified atom stereocenters. The molecule has 3 rings (SSSR count). The summed E-state index contributed by atoms with van der Waals surface area (Å²) in [5, 5.41) is 4.16. The highest BCUT2D eigenvalue weighted by Crippen LogP contribution is 2.24. The monoisotopic (exact) mass is 333 g/mol. The molecule has 0 saturated carbocycles. The summed E-state index contributed by atoms with van der Waals surface area (Å²) < 4.78 is 15.7. The summed E-state index contributed by atoms with van der Waals surface area (Å²) >= 11 is 0. The van der Waals surface area contributed by atoms with Crippen LogP contribution in [0.1, 0.15) is 28.0 Å². The maximum absolute atomic E-state index is 13.9. The molecule has 1 N–H and O–H groups in total. The van der Waals surface area contributed by atoms with Crippen LogP contribution in [0.4, 0.5) is 4.39 Å². The van der Waals surface area contributed by atoms with Gasteiger partial charge in [0, 0.05) is 63.4 Å². The van der Waals surface area contributed by atoms with Crippen LogP contribution in [0.25, 0.3) is 0 Å². The highest BCUT2D eigenvalue weighted by atomic mass is 19.1. The van der Waals surface area contributed by atoms with Gasteiger partial charge in [-0.3, -0.25) is 14.4 Å². The van der Waals surface area contributed by atoms with E-state index in [1.165, 1.54) is 0 Å². The number of halogens is 1. The van der Waals surface area contributed by atoms with Crippen LogP contribution in [0.3, 0.4) is 0 Å². The Morgan fingerprint density at radius 3 is 2.96 bits per heavy atom. The average molecular weight is 333 g/mol. The van der Waals surface area contributed by atoms with Crippen molar-refractivity contribution in [1.29, 1.82) is 0 Å². The SMILES string of the molecule is Cc1[nH]ccc1C(=O)N(C)C[C@@H]1C[C@H](F)CN1Cc1cnn(C)c1. The first-order valence-corrected chi connectivity index (χ1v) is 8.19. The third kappa shape index (κ3) is 3.51. The molecule has 1 saturated heterocycles. The molecule has 1 aliphatic heterocycles. The molecule has 2 atom stereocenters. The lowest BCUT2D eigenvalue weighted by atomic mass is 10.1. The summed E-state index contributed by atoms with van der Waals surface area (Å²) in [6.07, 6.45) is 5.13. The zero-order valence-corrected chi connectivity index (χ0v) is 14.4. The lowest BCUT2D eigenvalue weighted by Gasteiger charge is -2.28. The van der Waals surface area contributed by atoms with Crippen LogP contribution in [0.15, 0.2) is 24.7 Å². The zero-order valence-electron chi connectivity index (χ0n) is 14.4. The van der Waals surface area contributed by atoms with E-state index in [-0.39, 0.29) is 11.9 Å². The van der Waals surface area contributed by atoms with Gasteiger partial charge in [0.1, 0.15) is 6.17 Å². The molecule has 0 radical (unpaired) electrons. The van der Waals surface area contributed by atoms with Crippen LogP contribution in [0.5, 0.6) is 0 Å². The molecular formula is C17H24FN5O. The number of likely N-dealkylation sites (tertiary alicyclic amines) is 1. The van der Waals surface area contributed by atoms with E-state index in [9.17, 15) is 9.18 Å². The number of carbonyl (C=O) groups is 1. The molecule has 3 heterocycles. The summed E-state index contributed by atoms with van der Waals surface area (Å²) in [5.74, 6) is -0.0302. The van der Waals surface area contributed by atoms with E-state index in [0.29, 0.717) is 31.6 Å². The smallest absolute Gasteiger partial charge is 0.255 e. The molecule has 0 aliphatic carbocycles. The number of nitrogens with one attached hydrogen (secondary N) is 1. The molecule has 1 amide bonds. The minimum Gasteiger partial charge on any atom is -0.365 e. The van der Waals surface area contributed by atoms with E-state index in [4.69, 9.17) is 0 Å². The van der Waals surface area contributed by atoms with Crippen LogP contribution < -0.4 is 0 Å². The van der Waals surface area contributed by atoms with Crippen molar-refractivity contribution in [2.45, 2.75) is 32.1 Å². The number of carbonyl (C=O) groups excluding carboxylic acids is 1. The van der Waals surface area contributed by atoms with Crippen LogP contribution in [0, 0.1) is 6.92 Å². The van der Waals surface area contributed by atoms with Gasteiger partial charge < -0.3 is 9.88 Å². The Morgan fingerprint density at radius 2 is 2.33 bits per heavy atom. The molecule has 0 spiro atoms. The Balaban J connectivity index is 1.65. The predicted molar refractivity (Wildman–Crippen MR) is 89.4 cm³/mol. The van der Waals surface area contributed by atoms with Crippen molar-refractivity contribution >= 4 is 5.91 Å². The fourth-order valence-electron chi connectivity index (χ4n) is 3.38. The number of hydrogen-bond acceptors (Lipinski definition) is 3. The second-order valence-electron chi connectivity index (χ2n) is 6.64. The summed E-state index contributed by atoms with van der Waals surface area (Å²) in [5.41, 5.74) is 2.59. The quantitative estimate of drug-likeness (QED) is 0.907. The second-order valence-corrected chi connectivity index (χ2v) is 6.64. The Labute approximate surface area is 141 Å². The molecule has 0 aromatic carbocycles. The van der Waals surface area contributed by atoms with Gasteiger partial charge in [-0.05, 0) is 19.4 Å². The number of nitrogens with zero attached hydrogens (tertiary/aromatic N) is 4. The van der Waals surface area contributed by atoms with Crippen molar-refractivity contribution in [1.82, 2.24) is 24.6 Å². The normalized spacial score (nSPS) is 21.3. The minimum atomic E-state index is -0.843. The number of aryl methyl sites for hydroxylation is 2. The number of aromatic nitrogens is 3. The van der Waals surface area contributed by atoms with E-state index in [1.54, 1.807) is 35.1 Å². The standard InChI is InChI=1S/C17H24FN5O/c1-12-16(4-5-19-12)17(24)21(2)11-15-6-14(18)10-23(15)9-13-7-20-22(3)8-13/h4-5,7-8,14-15,19H,6,9-11H2,1-3H3/t14-,15-/m0/s1. The van der Waals surface area contributed by atoms with Crippen molar-refractivity contribution in [2.75, 3.05) is 20.1 Å². The fourth-order valence-corrected chi connectivity index (χ4v) is 3.38. The minimum absolute atomic E-state index is 0.0217. The summed E-state index contributed by atoms with van der Waals surface area (Å²) in [6.45, 7) is 3.46. The Kier molecular flexibility index (Phi) is 4.71. The summed E-state index contributed by atoms with van der Waals surface area (Å²) in [4.78, 5) is 19.4. The van der Waals surface area contributed by atoms with Gasteiger partial charge in [0.2, 0.25) is 0 Å². The maximum atomic E-state index is 13.9. The van der Waals surface area contributed by atoms with Gasteiger partial charge in [-0.15, -0.1) is 0 Å². The molecule has 0 bridgehead atoms. The van der Waals surface area contributed by atoms with Crippen molar-refractivity contribution in [2.24, 2.45) is 7.05 Å². The van der Waals surface area contributed by atoms with E-state index in [2.05, 4.69) is 15.0 Å². The molecule has 1 fully saturated rings. The molecule has 7 heteroatoms. The number of aromatic amines is 1. The van der Waals surface area contributed by atoms with Crippen LogP contribution in [-0.4, -0.2) is 62.8 Å². The first-order valence-electron chi connectivity index (χ1n) is 8.19. The topological polar surface area (TPSA) is 57.2 Å². The van der Waals surface area contributed by atoms with E-state index in [1.807, 2.05) is 20.2 Å². The van der Waals surface area contributed by atoms with Crippen molar-refractivity contribution in [3.63, 3.8) is 0 Å². The largest absolute Gasteiger partial charge is 0.365 e. The third-order valence-electron chi connectivity index (χ3n) is 4.64. The third-order valence-corrected chi connectivity index (χ3v) is 4.64. The van der Waals surface area contributed by atoms with Gasteiger partial charge >= 0.3 is 0 Å². The Hall–Kier alpha value is -2.15. The summed E-state index contributed by atoms with van der Waals surface area (Å²) in [7, 11) is 3.65. The molecular weight excluding hydrogens is 309 g/mol. The van der Waals surface area contributed by atoms with Gasteiger partial charge in [-0.2, -0.15) is 5.10 Å². The molecule has 1 aliphatic rings. The summed E-state index contributed by atoms with van der Waals surface area (Å²) in [6, 6.07) is 1.81. The van der Waals surface area contributed by atoms with E-state index < -0.39 is 6.17 Å². The van der Waals surface area contributed by atoms with Crippen LogP contribution >= 0.6 is 0 Å². The van der Waals surface area contributed by atoms with E-state index in [0.717, 1.165) is 11.3 Å². The average Bonchev–Trinajstić information content (AvgIpc) is 3.21. The number of likely N-dealkylation sites (N-methyl/N-ethyl adjacent to an activating group) is 1. The Bertz CT molecular complexity index is 709. The zero-order chi connectivity index (χ0) is 17.3. The van der Waals surface area contributed by atoms with Crippen LogP contribution in [-0.2, 0) is 13.6 Å². The van der Waals surface area contributed by atoms with Gasteiger partial charge in [0.15, 0.2) is 0 Å². The van der Waals surface area contributed by atoms with Crippen molar-refractivity contribution in [3.8, 4) is 0 Å². The lowest BCUT2D eigenvalue weighted by Crippen LogP contribution is -2.41. The number of H-pyrrole nitrogens is 1. The highest BCUT2D eigenvalue weighted by molar-refractivity contribution is 5.95. The van der Waals surface area contributed by atoms with Crippen LogP contribution in [0.2, 0.25) is 0 Å². The molecule has 130 valence electrons. The highest BCUT2D eigenvalue weighted by Gasteiger charge is 2.33. The fraction of sp³-hybridized carbons (Fsp3) is 0.529. The number of rotatable bonds is 5. The van der Waals surface area contributed by atoms with Crippen molar-refractivity contribution < 1.29 is 9.18 Å². The van der Waals surface area contributed by atoms with Gasteiger partial charge in [0.05, 0.1) is 11.8 Å². The molecule has 2 aromatic heterocycles. The first-order chi connectivity index (χ1) is 11.4. The first kappa shape index (κ1) is 16.7. The Morgan fingerprint density at radius 1 is 1.54 bits per heavy atom. The molecule has 2 aromatic rings. The van der Waals surface area contributed by atoms with Gasteiger partial charge in [-0.1, -0.05) is 0 Å². The van der Waals surface area contributed by atoms with Crippen molar-refractivity contribution in [3.05, 3.63) is 41.5 Å². The number of hydrogen-bond donors (Lipinski definition) is 1. The molecule has 24 heavy (non-hydrogen) atoms. The molecule has 6 nitrogen and oxygen atoms in total. The number of amides is 1. The maximum Gasteiger partial charge on any atom is 0.255 e. The van der Waals surface area contributed by atoms with Gasteiger partial charge in [0.25, 0.3) is 5.91 Å². The van der Waals surface area contributed by atoms with E-state index >= 15 is 0 Å². The predicted octanol–water partition coefficient (Wildman–Crippen LogP) is 1.74. The number of alkyl halides is 1.